The van der Waals surface area contributed by atoms with Crippen LogP contribution in [0, 0.1) is 5.41 Å². The molecule has 7 heteroatoms. The molecule has 0 amide bonds. The van der Waals surface area contributed by atoms with Crippen molar-refractivity contribution in [3.05, 3.63) is 0 Å². The van der Waals surface area contributed by atoms with Crippen molar-refractivity contribution in [1.29, 1.82) is 0 Å². The fraction of sp³-hybridized carbons (Fsp3) is 1.00. The van der Waals surface area contributed by atoms with Crippen LogP contribution in [0.25, 0.3) is 0 Å². The maximum Gasteiger partial charge on any atom is 0.426 e. The number of hydrogen-bond acceptors (Lipinski definition) is 1. The molecule has 0 fully saturated rings. The molecule has 0 atom stereocenters. The highest BCUT2D eigenvalue weighted by Crippen LogP contribution is 2.46. The van der Waals surface area contributed by atoms with Gasteiger partial charge in [-0.1, -0.05) is 20.8 Å². The van der Waals surface area contributed by atoms with Crippen molar-refractivity contribution >= 4 is 0 Å². The van der Waals surface area contributed by atoms with Gasteiger partial charge in [0.2, 0.25) is 0 Å². The van der Waals surface area contributed by atoms with Gasteiger partial charge in [0, 0.05) is 0 Å². The first kappa shape index (κ1) is 16.5. The Bertz CT molecular complexity index is 233. The third kappa shape index (κ3) is 4.37. The highest BCUT2D eigenvalue weighted by Gasteiger charge is 2.69. The summed E-state index contributed by atoms with van der Waals surface area (Å²) < 4.78 is 73.5. The highest BCUT2D eigenvalue weighted by molar-refractivity contribution is 4.93. The van der Waals surface area contributed by atoms with Gasteiger partial charge in [-0.15, -0.1) is 0 Å². The van der Waals surface area contributed by atoms with Crippen molar-refractivity contribution in [2.75, 3.05) is 0 Å². The van der Waals surface area contributed by atoms with Crippen LogP contribution in [0.2, 0.25) is 0 Å². The summed E-state index contributed by atoms with van der Waals surface area (Å²) in [6.45, 7) is 5.10. The van der Waals surface area contributed by atoms with E-state index in [1.165, 1.54) is 0 Å². The zero-order chi connectivity index (χ0) is 14.1. The van der Waals surface area contributed by atoms with Crippen LogP contribution in [-0.2, 0) is 0 Å². The summed E-state index contributed by atoms with van der Waals surface area (Å²) in [4.78, 5) is 0. The zero-order valence-corrected chi connectivity index (χ0v) is 9.84. The summed E-state index contributed by atoms with van der Waals surface area (Å²) >= 11 is 0. The van der Waals surface area contributed by atoms with E-state index in [4.69, 9.17) is 5.11 Å². The van der Waals surface area contributed by atoms with Gasteiger partial charge in [-0.05, 0) is 24.7 Å². The molecule has 0 aliphatic rings. The lowest BCUT2D eigenvalue weighted by molar-refractivity contribution is -0.370. The molecule has 0 rings (SSSR count). The van der Waals surface area contributed by atoms with E-state index in [2.05, 4.69) is 0 Å². The molecule has 1 nitrogen and oxygen atoms in total. The topological polar surface area (TPSA) is 20.2 Å². The molecule has 0 aromatic carbocycles. The van der Waals surface area contributed by atoms with E-state index in [-0.39, 0.29) is 18.3 Å². The lowest BCUT2D eigenvalue weighted by Gasteiger charge is -2.33. The molecule has 0 heterocycles. The molecule has 0 saturated heterocycles. The van der Waals surface area contributed by atoms with Gasteiger partial charge in [-0.2, -0.15) is 26.3 Å². The second-order valence-corrected chi connectivity index (χ2v) is 5.27. The highest BCUT2D eigenvalue weighted by atomic mass is 19.4. The van der Waals surface area contributed by atoms with Crippen molar-refractivity contribution in [2.24, 2.45) is 5.41 Å². The van der Waals surface area contributed by atoms with Crippen LogP contribution in [0.15, 0.2) is 0 Å². The van der Waals surface area contributed by atoms with Gasteiger partial charge >= 0.3 is 12.4 Å². The van der Waals surface area contributed by atoms with E-state index in [1.807, 2.05) is 0 Å². The van der Waals surface area contributed by atoms with Crippen molar-refractivity contribution in [3.8, 4) is 0 Å². The molecule has 17 heavy (non-hydrogen) atoms. The Morgan fingerprint density at radius 3 is 1.35 bits per heavy atom. The third-order valence-electron chi connectivity index (χ3n) is 2.40. The van der Waals surface area contributed by atoms with Gasteiger partial charge in [-0.25, -0.2) is 0 Å². The minimum atomic E-state index is -5.71. The molecule has 1 N–H and O–H groups in total. The smallest absolute Gasteiger partial charge is 0.374 e. The Balaban J connectivity index is 4.77. The summed E-state index contributed by atoms with van der Waals surface area (Å²) in [6.07, 6.45) is -13.0. The van der Waals surface area contributed by atoms with Gasteiger partial charge in [0.1, 0.15) is 0 Å². The summed E-state index contributed by atoms with van der Waals surface area (Å²) in [5, 5.41) is 8.83. The van der Waals surface area contributed by atoms with E-state index < -0.39 is 24.4 Å². The molecule has 0 spiro atoms. The molecule has 0 aromatic heterocycles. The van der Waals surface area contributed by atoms with Crippen molar-refractivity contribution in [2.45, 2.75) is 58.0 Å². The average molecular weight is 266 g/mol. The first-order valence-corrected chi connectivity index (χ1v) is 5.06. The van der Waals surface area contributed by atoms with Crippen molar-refractivity contribution in [3.63, 3.8) is 0 Å². The first-order valence-electron chi connectivity index (χ1n) is 5.06. The molecular formula is C10H16F6O. The van der Waals surface area contributed by atoms with Crippen LogP contribution in [0.1, 0.15) is 40.0 Å². The minimum Gasteiger partial charge on any atom is -0.374 e. The fourth-order valence-corrected chi connectivity index (χ4v) is 1.32. The summed E-state index contributed by atoms with van der Waals surface area (Å²) in [6, 6.07) is 0. The predicted molar refractivity (Wildman–Crippen MR) is 50.4 cm³/mol. The number of halogens is 6. The number of aliphatic hydroxyl groups is 1. The van der Waals surface area contributed by atoms with E-state index >= 15 is 0 Å². The zero-order valence-electron chi connectivity index (χ0n) is 9.84. The fourth-order valence-electron chi connectivity index (χ4n) is 1.32. The summed E-state index contributed by atoms with van der Waals surface area (Å²) in [7, 11) is 0. The van der Waals surface area contributed by atoms with Gasteiger partial charge in [-0.3, -0.25) is 0 Å². The summed E-state index contributed by atoms with van der Waals surface area (Å²) in [5.41, 5.74) is -4.98. The van der Waals surface area contributed by atoms with Crippen LogP contribution in [-0.4, -0.2) is 23.1 Å². The van der Waals surface area contributed by atoms with Crippen LogP contribution < -0.4 is 0 Å². The van der Waals surface area contributed by atoms with Gasteiger partial charge in [0.25, 0.3) is 5.60 Å². The largest absolute Gasteiger partial charge is 0.426 e. The van der Waals surface area contributed by atoms with E-state index in [9.17, 15) is 26.3 Å². The monoisotopic (exact) mass is 266 g/mol. The van der Waals surface area contributed by atoms with Crippen LogP contribution in [0.5, 0.6) is 0 Å². The number of alkyl halides is 6. The first-order chi connectivity index (χ1) is 7.21. The number of rotatable bonds is 3. The second kappa shape index (κ2) is 4.66. The molecule has 0 unspecified atom stereocenters. The molecule has 104 valence electrons. The van der Waals surface area contributed by atoms with Crippen molar-refractivity contribution in [1.82, 2.24) is 0 Å². The second-order valence-electron chi connectivity index (χ2n) is 5.27. The molecule has 0 bridgehead atoms. The lowest BCUT2D eigenvalue weighted by Crippen LogP contribution is -2.56. The molecule has 0 saturated carbocycles. The van der Waals surface area contributed by atoms with Crippen LogP contribution in [0.4, 0.5) is 26.3 Å². The van der Waals surface area contributed by atoms with Gasteiger partial charge < -0.3 is 5.11 Å². The Hall–Kier alpha value is -0.460. The lowest BCUT2D eigenvalue weighted by atomic mass is 9.86. The van der Waals surface area contributed by atoms with Gasteiger partial charge in [0.15, 0.2) is 0 Å². The van der Waals surface area contributed by atoms with E-state index in [0.717, 1.165) is 0 Å². The normalized spacial score (nSPS) is 15.2. The number of hydrogen-bond donors (Lipinski definition) is 1. The minimum absolute atomic E-state index is 0.168. The Kier molecular flexibility index (Phi) is 4.54. The van der Waals surface area contributed by atoms with E-state index in [0.29, 0.717) is 0 Å². The SMILES string of the molecule is CC(C)(C)CCCC(O)(C(F)(F)F)C(F)(F)F. The third-order valence-corrected chi connectivity index (χ3v) is 2.40. The quantitative estimate of drug-likeness (QED) is 0.764. The maximum absolute atomic E-state index is 12.3. The Labute approximate surface area is 95.8 Å². The molecule has 0 aliphatic carbocycles. The molecule has 0 aliphatic heterocycles. The van der Waals surface area contributed by atoms with Crippen LogP contribution in [0.3, 0.4) is 0 Å². The predicted octanol–water partition coefficient (Wildman–Crippen LogP) is 4.06. The Morgan fingerprint density at radius 1 is 0.765 bits per heavy atom. The van der Waals surface area contributed by atoms with E-state index in [1.54, 1.807) is 20.8 Å². The molecule has 0 aromatic rings. The average Bonchev–Trinajstić information content (AvgIpc) is 1.96. The van der Waals surface area contributed by atoms with Gasteiger partial charge in [0.05, 0.1) is 0 Å². The molecule has 0 radical (unpaired) electrons. The summed E-state index contributed by atoms with van der Waals surface area (Å²) in [5.74, 6) is 0. The molecular weight excluding hydrogens is 250 g/mol. The van der Waals surface area contributed by atoms with Crippen molar-refractivity contribution < 1.29 is 31.4 Å². The van der Waals surface area contributed by atoms with Crippen LogP contribution >= 0.6 is 0 Å². The standard InChI is InChI=1S/C10H16F6O/c1-7(2,3)5-4-6-8(17,9(11,12)13)10(14,15)16/h17H,4-6H2,1-3H3. The Morgan fingerprint density at radius 2 is 1.12 bits per heavy atom. The maximum atomic E-state index is 12.3.